The quantitative estimate of drug-likeness (QED) is 0.279. The van der Waals surface area contributed by atoms with Crippen molar-refractivity contribution in [3.63, 3.8) is 0 Å². The fourth-order valence-corrected chi connectivity index (χ4v) is 9.90. The van der Waals surface area contributed by atoms with Gasteiger partial charge in [0, 0.05) is 19.6 Å². The van der Waals surface area contributed by atoms with Gasteiger partial charge in [-0.2, -0.15) is 0 Å². The van der Waals surface area contributed by atoms with E-state index in [4.69, 9.17) is 19.2 Å². The van der Waals surface area contributed by atoms with E-state index in [1.807, 2.05) is 45.0 Å². The van der Waals surface area contributed by atoms with Crippen molar-refractivity contribution in [3.8, 4) is 0 Å². The molecule has 7 aliphatic rings. The molecular weight excluding hydrogens is 687 g/mol. The van der Waals surface area contributed by atoms with Gasteiger partial charge in [-0.1, -0.05) is 83.1 Å². The topological polar surface area (TPSA) is 147 Å². The minimum absolute atomic E-state index is 0.0563. The van der Waals surface area contributed by atoms with Crippen molar-refractivity contribution in [3.05, 3.63) is 35.4 Å². The van der Waals surface area contributed by atoms with Crippen LogP contribution < -0.4 is 10.6 Å². The van der Waals surface area contributed by atoms with Gasteiger partial charge in [0.1, 0.15) is 17.7 Å². The van der Waals surface area contributed by atoms with Gasteiger partial charge in [-0.3, -0.25) is 14.5 Å². The third-order valence-electron chi connectivity index (χ3n) is 13.1. The zero-order valence-electron chi connectivity index (χ0n) is 33.4. The van der Waals surface area contributed by atoms with Gasteiger partial charge in [-0.15, -0.1) is 0 Å². The van der Waals surface area contributed by atoms with Crippen LogP contribution in [0.2, 0.25) is 0 Å². The summed E-state index contributed by atoms with van der Waals surface area (Å²) in [4.78, 5) is 54.0. The number of alkyl carbamates (subject to hydrolysis) is 1. The second kappa shape index (κ2) is 16.4. The van der Waals surface area contributed by atoms with Crippen molar-refractivity contribution in [2.75, 3.05) is 6.54 Å². The van der Waals surface area contributed by atoms with Crippen molar-refractivity contribution in [2.45, 2.75) is 173 Å². The number of hydrogen-bond acceptors (Lipinski definition) is 7. The van der Waals surface area contributed by atoms with E-state index in [0.717, 1.165) is 75.3 Å². The predicted molar refractivity (Wildman–Crippen MR) is 205 cm³/mol. The zero-order chi connectivity index (χ0) is 38.8. The maximum atomic E-state index is 13.9. The van der Waals surface area contributed by atoms with Crippen LogP contribution in [0, 0.1) is 17.3 Å². The Bertz CT molecular complexity index is 1510. The van der Waals surface area contributed by atoms with Crippen LogP contribution in [0.3, 0.4) is 0 Å². The van der Waals surface area contributed by atoms with Crippen LogP contribution in [0.1, 0.15) is 136 Å². The van der Waals surface area contributed by atoms with Gasteiger partial charge in [-0.25, -0.2) is 9.59 Å². The van der Waals surface area contributed by atoms with E-state index in [-0.39, 0.29) is 34.9 Å². The van der Waals surface area contributed by atoms with Crippen molar-refractivity contribution >= 4 is 31.1 Å². The first-order valence-electron chi connectivity index (χ1n) is 20.5. The molecule has 298 valence electrons. The lowest BCUT2D eigenvalue weighted by Gasteiger charge is -2.64. The summed E-state index contributed by atoms with van der Waals surface area (Å²) >= 11 is 0. The van der Waals surface area contributed by atoms with E-state index in [1.54, 1.807) is 4.90 Å². The van der Waals surface area contributed by atoms with Gasteiger partial charge in [0.05, 0.1) is 17.6 Å². The number of amides is 4. The molecule has 1 aromatic carbocycles. The Labute approximate surface area is 321 Å². The molecule has 3 aliphatic carbocycles. The van der Waals surface area contributed by atoms with Crippen LogP contribution in [0.15, 0.2) is 24.3 Å². The molecule has 4 aliphatic heterocycles. The van der Waals surface area contributed by atoms with Crippen molar-refractivity contribution in [2.24, 2.45) is 17.3 Å². The Hall–Kier alpha value is -3.32. The molecule has 0 radical (unpaired) electrons. The van der Waals surface area contributed by atoms with Gasteiger partial charge >= 0.3 is 19.3 Å². The molecule has 6 fully saturated rings. The molecule has 2 bridgehead atoms. The van der Waals surface area contributed by atoms with Gasteiger partial charge in [0.15, 0.2) is 0 Å². The number of rotatable bonds is 2. The number of hydrogen-bond donors (Lipinski definition) is 3. The molecule has 12 nitrogen and oxygen atoms in total. The Morgan fingerprint density at radius 1 is 0.926 bits per heavy atom. The molecule has 3 N–H and O–H groups in total. The number of benzene rings is 1. The number of carboxylic acid groups (broad SMARTS) is 1. The molecule has 7 atom stereocenters. The lowest BCUT2D eigenvalue weighted by Crippen LogP contribution is -2.65. The van der Waals surface area contributed by atoms with Crippen LogP contribution in [0.5, 0.6) is 0 Å². The SMILES string of the molecule is CC(C)(C)OC(=O)N[C@H]1CCCCCCCCCC(B2OC3CC4CC(C4(C)C)C3(C)O2)NC(=O)C2CCCN2C1=O.O=C(O)N1Cc2ccccc2C1. The number of carbonyl (C=O) groups excluding carboxylic acids is 3. The van der Waals surface area contributed by atoms with Crippen LogP contribution in [-0.4, -0.2) is 87.9 Å². The molecular formula is C41H63BN4O8. The van der Waals surface area contributed by atoms with Crippen molar-refractivity contribution in [1.82, 2.24) is 20.4 Å². The van der Waals surface area contributed by atoms with Crippen LogP contribution in [0.25, 0.3) is 0 Å². The van der Waals surface area contributed by atoms with E-state index in [0.29, 0.717) is 44.3 Å². The molecule has 0 spiro atoms. The summed E-state index contributed by atoms with van der Waals surface area (Å²) in [5.74, 6) is 0.510. The van der Waals surface area contributed by atoms with Gasteiger partial charge < -0.3 is 34.7 Å². The van der Waals surface area contributed by atoms with Crippen molar-refractivity contribution < 1.29 is 38.3 Å². The van der Waals surface area contributed by atoms with E-state index in [2.05, 4.69) is 31.4 Å². The van der Waals surface area contributed by atoms with E-state index in [9.17, 15) is 19.2 Å². The van der Waals surface area contributed by atoms with Gasteiger partial charge in [0.25, 0.3) is 0 Å². The zero-order valence-corrected chi connectivity index (χ0v) is 33.4. The number of ether oxygens (including phenoxy) is 1. The first kappa shape index (κ1) is 40.4. The first-order chi connectivity index (χ1) is 25.6. The maximum Gasteiger partial charge on any atom is 0.481 e. The lowest BCUT2D eigenvalue weighted by molar-refractivity contribution is -0.199. The summed E-state index contributed by atoms with van der Waals surface area (Å²) in [5, 5.41) is 14.8. The Balaban J connectivity index is 0.000000349. The lowest BCUT2D eigenvalue weighted by atomic mass is 9.43. The third kappa shape index (κ3) is 8.87. The minimum Gasteiger partial charge on any atom is -0.465 e. The first-order valence-corrected chi connectivity index (χ1v) is 20.5. The largest absolute Gasteiger partial charge is 0.481 e. The second-order valence-electron chi connectivity index (χ2n) is 18.3. The summed E-state index contributed by atoms with van der Waals surface area (Å²) in [6.45, 7) is 13.9. The highest BCUT2D eigenvalue weighted by molar-refractivity contribution is 6.48. The fourth-order valence-electron chi connectivity index (χ4n) is 9.90. The predicted octanol–water partition coefficient (Wildman–Crippen LogP) is 6.83. The molecule has 6 unspecified atom stereocenters. The number of nitrogens with one attached hydrogen (secondary N) is 2. The van der Waals surface area contributed by atoms with E-state index < -0.39 is 37.0 Å². The third-order valence-corrected chi connectivity index (χ3v) is 13.1. The normalized spacial score (nSPS) is 32.6. The highest BCUT2D eigenvalue weighted by Crippen LogP contribution is 2.65. The monoisotopic (exact) mass is 750 g/mol. The molecule has 13 heteroatoms. The molecule has 3 saturated carbocycles. The van der Waals surface area contributed by atoms with Gasteiger partial charge in [-0.05, 0) is 94.6 Å². The minimum atomic E-state index is -0.841. The Kier molecular flexibility index (Phi) is 12.3. The summed E-state index contributed by atoms with van der Waals surface area (Å²) in [6.07, 6.45) is 10.8. The molecule has 54 heavy (non-hydrogen) atoms. The van der Waals surface area contributed by atoms with Crippen molar-refractivity contribution in [1.29, 1.82) is 0 Å². The smallest absolute Gasteiger partial charge is 0.465 e. The fraction of sp³-hybridized carbons (Fsp3) is 0.756. The highest BCUT2D eigenvalue weighted by Gasteiger charge is 2.68. The Morgan fingerprint density at radius 3 is 2.17 bits per heavy atom. The van der Waals surface area contributed by atoms with E-state index >= 15 is 0 Å². The number of nitrogens with zero attached hydrogens (tertiary/aromatic N) is 2. The standard InChI is InChI=1S/C32H54BN3O6.C9H9NO2/c1-30(2,3)40-29(39)34-22-15-12-10-8-7-9-11-13-17-26(35-27(37)23-16-14-18-36(23)28(22)38)33-41-25-20-21-19-24(31(21,4)5)32(25,6)42-33;11-9(12)10-5-7-3-1-2-4-8(7)6-10/h21-26H,7-20H2,1-6H3,(H,34,39)(H,35,37);1-4H,5-6H2,(H,11,12)/t21?,22-,23?,24?,25?,26?,32?;/m0./s1. The summed E-state index contributed by atoms with van der Waals surface area (Å²) < 4.78 is 18.9. The van der Waals surface area contributed by atoms with Crippen LogP contribution in [0.4, 0.5) is 9.59 Å². The summed E-state index contributed by atoms with van der Waals surface area (Å²) in [6, 6.07) is 6.53. The summed E-state index contributed by atoms with van der Waals surface area (Å²) in [7, 11) is -0.481. The molecule has 4 heterocycles. The van der Waals surface area contributed by atoms with Crippen LogP contribution >= 0.6 is 0 Å². The van der Waals surface area contributed by atoms with Gasteiger partial charge in [0.2, 0.25) is 11.8 Å². The molecule has 1 aromatic rings. The molecule has 4 amide bonds. The Morgan fingerprint density at radius 2 is 1.56 bits per heavy atom. The maximum absolute atomic E-state index is 13.9. The van der Waals surface area contributed by atoms with Crippen LogP contribution in [-0.2, 0) is 36.7 Å². The average Bonchev–Trinajstić information content (AvgIpc) is 3.85. The average molecular weight is 751 g/mol. The second-order valence-corrected chi connectivity index (χ2v) is 18.3. The summed E-state index contributed by atoms with van der Waals surface area (Å²) in [5.41, 5.74) is 1.51. The molecule has 8 rings (SSSR count). The molecule has 0 aromatic heterocycles. The number of carbonyl (C=O) groups is 4. The van der Waals surface area contributed by atoms with E-state index in [1.165, 1.54) is 11.3 Å². The highest BCUT2D eigenvalue weighted by atomic mass is 16.7. The number of fused-ring (bicyclic) bond motifs is 2. The molecule has 3 saturated heterocycles.